The maximum atomic E-state index is 13.0. The molecular formula is C23H20N2O5. The second-order valence-corrected chi connectivity index (χ2v) is 6.15. The van der Waals surface area contributed by atoms with Gasteiger partial charge in [0.05, 0.1) is 31.0 Å². The molecule has 0 atom stereocenters. The fourth-order valence-corrected chi connectivity index (χ4v) is 2.95. The van der Waals surface area contributed by atoms with E-state index in [1.54, 1.807) is 54.8 Å². The SMILES string of the molecule is COC(=O)C1=C(C(=O)OC)N(c2ccccc2C(=O)Nc2ccccc2)C=CC=C1. The Morgan fingerprint density at radius 2 is 1.50 bits per heavy atom. The molecule has 1 aliphatic rings. The first-order valence-corrected chi connectivity index (χ1v) is 9.07. The fourth-order valence-electron chi connectivity index (χ4n) is 2.95. The first kappa shape index (κ1) is 20.6. The maximum Gasteiger partial charge on any atom is 0.355 e. The van der Waals surface area contributed by atoms with Gasteiger partial charge in [-0.1, -0.05) is 36.4 Å². The van der Waals surface area contributed by atoms with Crippen molar-refractivity contribution in [3.63, 3.8) is 0 Å². The van der Waals surface area contributed by atoms with Crippen LogP contribution in [0.2, 0.25) is 0 Å². The lowest BCUT2D eigenvalue weighted by Gasteiger charge is -2.25. The van der Waals surface area contributed by atoms with Crippen LogP contribution in [0.25, 0.3) is 0 Å². The largest absolute Gasteiger partial charge is 0.465 e. The van der Waals surface area contributed by atoms with Crippen LogP contribution in [-0.2, 0) is 19.1 Å². The molecule has 152 valence electrons. The van der Waals surface area contributed by atoms with E-state index in [4.69, 9.17) is 9.47 Å². The molecule has 1 N–H and O–H groups in total. The van der Waals surface area contributed by atoms with Gasteiger partial charge in [-0.3, -0.25) is 4.79 Å². The van der Waals surface area contributed by atoms with Gasteiger partial charge in [0.25, 0.3) is 5.91 Å². The van der Waals surface area contributed by atoms with Gasteiger partial charge < -0.3 is 19.7 Å². The molecule has 0 fully saturated rings. The van der Waals surface area contributed by atoms with Crippen LogP contribution in [-0.4, -0.2) is 32.1 Å². The van der Waals surface area contributed by atoms with Crippen LogP contribution in [0.1, 0.15) is 10.4 Å². The molecule has 1 aliphatic heterocycles. The van der Waals surface area contributed by atoms with E-state index in [2.05, 4.69) is 5.32 Å². The van der Waals surface area contributed by atoms with Crippen LogP contribution in [0.3, 0.4) is 0 Å². The van der Waals surface area contributed by atoms with E-state index in [9.17, 15) is 14.4 Å². The number of hydrogen-bond donors (Lipinski definition) is 1. The lowest BCUT2D eigenvalue weighted by Crippen LogP contribution is -2.28. The van der Waals surface area contributed by atoms with Crippen LogP contribution < -0.4 is 10.2 Å². The van der Waals surface area contributed by atoms with Gasteiger partial charge in [-0.25, -0.2) is 9.59 Å². The van der Waals surface area contributed by atoms with Gasteiger partial charge in [-0.2, -0.15) is 0 Å². The first-order valence-electron chi connectivity index (χ1n) is 9.07. The number of allylic oxidation sites excluding steroid dienone is 2. The van der Waals surface area contributed by atoms with Gasteiger partial charge in [-0.05, 0) is 36.4 Å². The number of methoxy groups -OCH3 is 2. The van der Waals surface area contributed by atoms with Crippen molar-refractivity contribution in [1.29, 1.82) is 0 Å². The van der Waals surface area contributed by atoms with Crippen LogP contribution in [0.4, 0.5) is 11.4 Å². The van der Waals surface area contributed by atoms with E-state index in [0.717, 1.165) is 0 Å². The first-order chi connectivity index (χ1) is 14.6. The number of benzene rings is 2. The van der Waals surface area contributed by atoms with Gasteiger partial charge >= 0.3 is 11.9 Å². The summed E-state index contributed by atoms with van der Waals surface area (Å²) in [5, 5.41) is 2.83. The van der Waals surface area contributed by atoms with Crippen LogP contribution >= 0.6 is 0 Å². The van der Waals surface area contributed by atoms with E-state index in [-0.39, 0.29) is 17.2 Å². The molecule has 1 amide bonds. The predicted molar refractivity (Wildman–Crippen MR) is 113 cm³/mol. The van der Waals surface area contributed by atoms with E-state index < -0.39 is 11.9 Å². The van der Waals surface area contributed by atoms with Gasteiger partial charge in [0, 0.05) is 11.9 Å². The Labute approximate surface area is 173 Å². The van der Waals surface area contributed by atoms with Gasteiger partial charge in [-0.15, -0.1) is 0 Å². The van der Waals surface area contributed by atoms with Gasteiger partial charge in [0.2, 0.25) is 0 Å². The Morgan fingerprint density at radius 1 is 0.833 bits per heavy atom. The van der Waals surface area contributed by atoms with E-state index in [1.165, 1.54) is 25.2 Å². The Morgan fingerprint density at radius 3 is 2.20 bits per heavy atom. The Kier molecular flexibility index (Phi) is 6.44. The second-order valence-electron chi connectivity index (χ2n) is 6.15. The van der Waals surface area contributed by atoms with Crippen molar-refractivity contribution in [3.05, 3.63) is 95.9 Å². The molecule has 2 aromatic rings. The number of para-hydroxylation sites is 2. The van der Waals surface area contributed by atoms with E-state index in [0.29, 0.717) is 16.9 Å². The number of esters is 2. The summed E-state index contributed by atoms with van der Waals surface area (Å²) < 4.78 is 9.72. The minimum absolute atomic E-state index is 0.00706. The number of amides is 1. The van der Waals surface area contributed by atoms with Crippen molar-refractivity contribution in [3.8, 4) is 0 Å². The minimum atomic E-state index is -0.745. The average Bonchev–Trinajstić information content (AvgIpc) is 3.01. The molecule has 0 saturated carbocycles. The zero-order valence-electron chi connectivity index (χ0n) is 16.5. The summed E-state index contributed by atoms with van der Waals surface area (Å²) in [5.41, 5.74) is 1.28. The standard InChI is InChI=1S/C23H20N2O5/c1-29-22(27)18-13-8-9-15-25(20(18)23(28)30-2)19-14-7-6-12-17(19)21(26)24-16-10-4-3-5-11-16/h3-15H,1-2H3,(H,24,26). The number of nitrogens with one attached hydrogen (secondary N) is 1. The van der Waals surface area contributed by atoms with Crippen LogP contribution in [0.15, 0.2) is 90.3 Å². The number of ether oxygens (including phenoxy) is 2. The second kappa shape index (κ2) is 9.38. The third-order valence-electron chi connectivity index (χ3n) is 4.33. The molecule has 0 aliphatic carbocycles. The highest BCUT2D eigenvalue weighted by Crippen LogP contribution is 2.29. The third-order valence-corrected chi connectivity index (χ3v) is 4.33. The molecule has 0 saturated heterocycles. The summed E-state index contributed by atoms with van der Waals surface area (Å²) in [5.74, 6) is -1.82. The number of nitrogens with zero attached hydrogens (tertiary/aromatic N) is 1. The Hall–Kier alpha value is -4.13. The number of rotatable bonds is 5. The molecule has 30 heavy (non-hydrogen) atoms. The monoisotopic (exact) mass is 404 g/mol. The van der Waals surface area contributed by atoms with Crippen molar-refractivity contribution in [2.24, 2.45) is 0 Å². The molecule has 7 heteroatoms. The summed E-state index contributed by atoms with van der Waals surface area (Å²) in [6, 6.07) is 15.8. The molecule has 3 rings (SSSR count). The Bertz CT molecular complexity index is 1050. The molecule has 0 spiro atoms. The number of carbonyl (C=O) groups is 3. The van der Waals surface area contributed by atoms with Gasteiger partial charge in [0.1, 0.15) is 5.70 Å². The molecule has 1 heterocycles. The zero-order valence-corrected chi connectivity index (χ0v) is 16.5. The Balaban J connectivity index is 2.10. The summed E-state index contributed by atoms with van der Waals surface area (Å²) in [4.78, 5) is 39.3. The quantitative estimate of drug-likeness (QED) is 0.769. The molecule has 0 bridgehead atoms. The van der Waals surface area contributed by atoms with Crippen molar-refractivity contribution in [2.45, 2.75) is 0 Å². The molecule has 7 nitrogen and oxygen atoms in total. The lowest BCUT2D eigenvalue weighted by molar-refractivity contribution is -0.139. The normalized spacial score (nSPS) is 12.9. The topological polar surface area (TPSA) is 84.9 Å². The molecule has 2 aromatic carbocycles. The number of anilines is 2. The lowest BCUT2D eigenvalue weighted by atomic mass is 10.1. The maximum absolute atomic E-state index is 13.0. The molecular weight excluding hydrogens is 384 g/mol. The highest BCUT2D eigenvalue weighted by atomic mass is 16.5. The predicted octanol–water partition coefficient (Wildman–Crippen LogP) is 3.43. The van der Waals surface area contributed by atoms with Gasteiger partial charge in [0.15, 0.2) is 0 Å². The highest BCUT2D eigenvalue weighted by molar-refractivity contribution is 6.11. The average molecular weight is 404 g/mol. The summed E-state index contributed by atoms with van der Waals surface area (Å²) >= 11 is 0. The number of carbonyl (C=O) groups excluding carboxylic acids is 3. The van der Waals surface area contributed by atoms with Crippen molar-refractivity contribution in [2.75, 3.05) is 24.4 Å². The fraction of sp³-hybridized carbons (Fsp3) is 0.0870. The summed E-state index contributed by atoms with van der Waals surface area (Å²) in [7, 11) is 2.44. The molecule has 0 unspecified atom stereocenters. The highest BCUT2D eigenvalue weighted by Gasteiger charge is 2.29. The minimum Gasteiger partial charge on any atom is -0.465 e. The van der Waals surface area contributed by atoms with Crippen LogP contribution in [0.5, 0.6) is 0 Å². The molecule has 0 radical (unpaired) electrons. The smallest absolute Gasteiger partial charge is 0.355 e. The van der Waals surface area contributed by atoms with Crippen molar-refractivity contribution >= 4 is 29.2 Å². The summed E-state index contributed by atoms with van der Waals surface area (Å²) in [6.45, 7) is 0. The number of hydrogen-bond acceptors (Lipinski definition) is 6. The van der Waals surface area contributed by atoms with Crippen molar-refractivity contribution in [1.82, 2.24) is 0 Å². The van der Waals surface area contributed by atoms with Crippen LogP contribution in [0, 0.1) is 0 Å². The van der Waals surface area contributed by atoms with Crippen molar-refractivity contribution < 1.29 is 23.9 Å². The molecule has 0 aromatic heterocycles. The summed E-state index contributed by atoms with van der Waals surface area (Å²) in [6.07, 6.45) is 6.28. The zero-order chi connectivity index (χ0) is 21.5. The van der Waals surface area contributed by atoms with E-state index >= 15 is 0 Å². The van der Waals surface area contributed by atoms with E-state index in [1.807, 2.05) is 18.2 Å². The third kappa shape index (κ3) is 4.30.